The third kappa shape index (κ3) is 4.41. The minimum absolute atomic E-state index is 0.0784. The topological polar surface area (TPSA) is 95.9 Å². The van der Waals surface area contributed by atoms with Crippen molar-refractivity contribution in [3.63, 3.8) is 0 Å². The molecule has 1 aliphatic heterocycles. The Labute approximate surface area is 177 Å². The van der Waals surface area contributed by atoms with Crippen LogP contribution < -0.4 is 5.32 Å². The highest BCUT2D eigenvalue weighted by molar-refractivity contribution is 5.96. The number of esters is 1. The highest BCUT2D eigenvalue weighted by atomic mass is 16.5. The molecule has 5 atom stereocenters. The zero-order valence-corrected chi connectivity index (χ0v) is 17.5. The summed E-state index contributed by atoms with van der Waals surface area (Å²) in [5.74, 6) is -2.67. The van der Waals surface area contributed by atoms with Gasteiger partial charge in [0, 0.05) is 25.6 Å². The molecule has 7 heteroatoms. The molecule has 0 radical (unpaired) electrons. The Hall–Kier alpha value is -2.67. The second-order valence-electron chi connectivity index (χ2n) is 7.88. The van der Waals surface area contributed by atoms with Crippen LogP contribution in [-0.4, -0.2) is 53.6 Å². The van der Waals surface area contributed by atoms with Crippen LogP contribution in [0, 0.1) is 23.7 Å². The standard InChI is InChI=1S/C23H30N2O5/c1-3-30-23(29)18-15(2)10-11-17-19(18)22(28)25(12-7-13-26)20(17)21(27)24-14-16-8-5-4-6-9-16/h4-6,8-11,15,17-20,26H,3,7,12-14H2,1-2H3,(H,24,27)/t15-,17+,18-,19+,20+/m1/s1. The summed E-state index contributed by atoms with van der Waals surface area (Å²) in [4.78, 5) is 40.6. The van der Waals surface area contributed by atoms with E-state index in [1.807, 2.05) is 49.4 Å². The van der Waals surface area contributed by atoms with Crippen LogP contribution in [0.2, 0.25) is 0 Å². The number of amides is 2. The Balaban J connectivity index is 1.86. The van der Waals surface area contributed by atoms with Crippen LogP contribution >= 0.6 is 0 Å². The summed E-state index contributed by atoms with van der Waals surface area (Å²) in [7, 11) is 0. The predicted molar refractivity (Wildman–Crippen MR) is 111 cm³/mol. The lowest BCUT2D eigenvalue weighted by Gasteiger charge is -2.32. The summed E-state index contributed by atoms with van der Waals surface area (Å²) >= 11 is 0. The second kappa shape index (κ2) is 9.89. The molecule has 1 fully saturated rings. The fourth-order valence-electron chi connectivity index (χ4n) is 4.56. The summed E-state index contributed by atoms with van der Waals surface area (Å²) in [6.07, 6.45) is 4.18. The Bertz CT molecular complexity index is 794. The Morgan fingerprint density at radius 3 is 2.60 bits per heavy atom. The van der Waals surface area contributed by atoms with Crippen molar-refractivity contribution in [2.45, 2.75) is 32.9 Å². The van der Waals surface area contributed by atoms with Crippen LogP contribution in [-0.2, 0) is 25.7 Å². The molecule has 1 aromatic rings. The molecule has 1 aliphatic carbocycles. The van der Waals surface area contributed by atoms with Crippen molar-refractivity contribution >= 4 is 17.8 Å². The number of hydrogen-bond acceptors (Lipinski definition) is 5. The maximum Gasteiger partial charge on any atom is 0.310 e. The van der Waals surface area contributed by atoms with Crippen molar-refractivity contribution in [1.29, 1.82) is 0 Å². The Kier molecular flexibility index (Phi) is 7.26. The number of likely N-dealkylation sites (tertiary alicyclic amines) is 1. The summed E-state index contributed by atoms with van der Waals surface area (Å²) in [5.41, 5.74) is 0.964. The van der Waals surface area contributed by atoms with E-state index in [0.29, 0.717) is 13.0 Å². The quantitative estimate of drug-likeness (QED) is 0.497. The lowest BCUT2D eigenvalue weighted by molar-refractivity contribution is -0.155. The van der Waals surface area contributed by atoms with Gasteiger partial charge in [0.25, 0.3) is 0 Å². The monoisotopic (exact) mass is 414 g/mol. The molecule has 2 amide bonds. The number of ether oxygens (including phenoxy) is 1. The SMILES string of the molecule is CCOC(=O)[C@H]1[C@H]2C(=O)N(CCCO)[C@H](C(=O)NCc3ccccc3)[C@H]2C=C[C@H]1C. The van der Waals surface area contributed by atoms with Gasteiger partial charge in [-0.15, -0.1) is 0 Å². The average molecular weight is 415 g/mol. The van der Waals surface area contributed by atoms with E-state index in [1.54, 1.807) is 6.92 Å². The van der Waals surface area contributed by atoms with Crippen LogP contribution in [0.4, 0.5) is 0 Å². The number of rotatable bonds is 8. The Morgan fingerprint density at radius 2 is 1.93 bits per heavy atom. The minimum atomic E-state index is -0.710. The van der Waals surface area contributed by atoms with Gasteiger partial charge in [0.1, 0.15) is 6.04 Å². The first-order valence-electron chi connectivity index (χ1n) is 10.6. The van der Waals surface area contributed by atoms with E-state index in [9.17, 15) is 19.5 Å². The molecule has 1 aromatic carbocycles. The summed E-state index contributed by atoms with van der Waals surface area (Å²) in [6, 6.07) is 8.85. The fourth-order valence-corrected chi connectivity index (χ4v) is 4.56. The van der Waals surface area contributed by atoms with Crippen LogP contribution in [0.5, 0.6) is 0 Å². The number of allylic oxidation sites excluding steroid dienone is 1. The van der Waals surface area contributed by atoms with E-state index in [1.165, 1.54) is 4.90 Å². The van der Waals surface area contributed by atoms with Crippen LogP contribution in [0.1, 0.15) is 25.8 Å². The third-order valence-electron chi connectivity index (χ3n) is 5.97. The van der Waals surface area contributed by atoms with Crippen LogP contribution in [0.3, 0.4) is 0 Å². The van der Waals surface area contributed by atoms with E-state index in [4.69, 9.17) is 4.74 Å². The largest absolute Gasteiger partial charge is 0.466 e. The van der Waals surface area contributed by atoms with Gasteiger partial charge in [-0.2, -0.15) is 0 Å². The molecule has 162 valence electrons. The predicted octanol–water partition coefficient (Wildman–Crippen LogP) is 1.51. The zero-order valence-electron chi connectivity index (χ0n) is 17.5. The molecule has 0 aromatic heterocycles. The number of aliphatic hydroxyl groups is 1. The number of fused-ring (bicyclic) bond motifs is 1. The molecule has 30 heavy (non-hydrogen) atoms. The van der Waals surface area contributed by atoms with Gasteiger partial charge in [-0.05, 0) is 24.8 Å². The maximum absolute atomic E-state index is 13.3. The summed E-state index contributed by atoms with van der Waals surface area (Å²) < 4.78 is 5.24. The number of nitrogens with one attached hydrogen (secondary N) is 1. The molecular formula is C23H30N2O5. The van der Waals surface area contributed by atoms with Crippen molar-refractivity contribution in [3.8, 4) is 0 Å². The molecule has 2 N–H and O–H groups in total. The molecule has 0 unspecified atom stereocenters. The van der Waals surface area contributed by atoms with E-state index < -0.39 is 29.8 Å². The first-order chi connectivity index (χ1) is 14.5. The second-order valence-corrected chi connectivity index (χ2v) is 7.88. The van der Waals surface area contributed by atoms with Gasteiger partial charge < -0.3 is 20.1 Å². The van der Waals surface area contributed by atoms with Crippen LogP contribution in [0.25, 0.3) is 0 Å². The molecule has 2 aliphatic rings. The average Bonchev–Trinajstić information content (AvgIpc) is 3.03. The molecule has 7 nitrogen and oxygen atoms in total. The van der Waals surface area contributed by atoms with Gasteiger partial charge in [0.05, 0.1) is 18.4 Å². The van der Waals surface area contributed by atoms with Crippen LogP contribution in [0.15, 0.2) is 42.5 Å². The van der Waals surface area contributed by atoms with Crippen molar-refractivity contribution in [2.24, 2.45) is 23.7 Å². The third-order valence-corrected chi connectivity index (χ3v) is 5.97. The molecule has 1 saturated heterocycles. The van der Waals surface area contributed by atoms with Gasteiger partial charge in [-0.25, -0.2) is 0 Å². The van der Waals surface area contributed by atoms with Gasteiger partial charge in [-0.3, -0.25) is 14.4 Å². The number of carbonyl (C=O) groups is 3. The van der Waals surface area contributed by atoms with Gasteiger partial charge in [0.15, 0.2) is 0 Å². The number of benzene rings is 1. The molecule has 0 spiro atoms. The highest BCUT2D eigenvalue weighted by Gasteiger charge is 2.56. The smallest absolute Gasteiger partial charge is 0.310 e. The lowest BCUT2D eigenvalue weighted by Crippen LogP contribution is -2.47. The van der Waals surface area contributed by atoms with Gasteiger partial charge in [0.2, 0.25) is 11.8 Å². The normalized spacial score (nSPS) is 27.6. The van der Waals surface area contributed by atoms with Crippen molar-refractivity contribution in [1.82, 2.24) is 10.2 Å². The van der Waals surface area contributed by atoms with E-state index in [2.05, 4.69) is 5.32 Å². The van der Waals surface area contributed by atoms with E-state index >= 15 is 0 Å². The Morgan fingerprint density at radius 1 is 1.20 bits per heavy atom. The summed E-state index contributed by atoms with van der Waals surface area (Å²) in [6.45, 7) is 4.42. The molecule has 0 bridgehead atoms. The lowest BCUT2D eigenvalue weighted by atomic mass is 9.70. The number of hydrogen-bond donors (Lipinski definition) is 2. The first kappa shape index (κ1) is 22.0. The number of nitrogens with zero attached hydrogens (tertiary/aromatic N) is 1. The van der Waals surface area contributed by atoms with Gasteiger partial charge in [-0.1, -0.05) is 49.4 Å². The van der Waals surface area contributed by atoms with Gasteiger partial charge >= 0.3 is 5.97 Å². The zero-order chi connectivity index (χ0) is 21.7. The fraction of sp³-hybridized carbons (Fsp3) is 0.522. The minimum Gasteiger partial charge on any atom is -0.466 e. The van der Waals surface area contributed by atoms with Crippen molar-refractivity contribution in [3.05, 3.63) is 48.0 Å². The molecular weight excluding hydrogens is 384 g/mol. The summed E-state index contributed by atoms with van der Waals surface area (Å²) in [5, 5.41) is 12.2. The highest BCUT2D eigenvalue weighted by Crippen LogP contribution is 2.44. The van der Waals surface area contributed by atoms with Crippen molar-refractivity contribution < 1.29 is 24.2 Å². The first-order valence-corrected chi connectivity index (χ1v) is 10.6. The number of carbonyl (C=O) groups excluding carboxylic acids is 3. The number of aliphatic hydroxyl groups excluding tert-OH is 1. The molecule has 0 saturated carbocycles. The van der Waals surface area contributed by atoms with Crippen molar-refractivity contribution in [2.75, 3.05) is 19.8 Å². The van der Waals surface area contributed by atoms with E-state index in [0.717, 1.165) is 5.56 Å². The maximum atomic E-state index is 13.3. The van der Waals surface area contributed by atoms with E-state index in [-0.39, 0.29) is 37.5 Å². The molecule has 3 rings (SSSR count). The molecule has 1 heterocycles.